The fraction of sp³-hybridized carbons (Fsp3) is 0.207. The van der Waals surface area contributed by atoms with Gasteiger partial charge in [-0.3, -0.25) is 9.36 Å². The van der Waals surface area contributed by atoms with E-state index in [1.54, 1.807) is 43.3 Å². The van der Waals surface area contributed by atoms with E-state index in [4.69, 9.17) is 16.3 Å². The van der Waals surface area contributed by atoms with Crippen molar-refractivity contribution >= 4 is 36.1 Å². The van der Waals surface area contributed by atoms with E-state index >= 15 is 4.39 Å². The molecule has 39 heavy (non-hydrogen) atoms. The molecule has 0 spiro atoms. The highest BCUT2D eigenvalue weighted by Gasteiger charge is 2.22. The monoisotopic (exact) mass is 567 g/mol. The number of halogens is 2. The zero-order chi connectivity index (χ0) is 27.9. The van der Waals surface area contributed by atoms with Crippen LogP contribution in [0.3, 0.4) is 0 Å². The zero-order valence-electron chi connectivity index (χ0n) is 21.1. The molecule has 0 aliphatic rings. The van der Waals surface area contributed by atoms with E-state index in [0.29, 0.717) is 34.9 Å². The van der Waals surface area contributed by atoms with Crippen molar-refractivity contribution in [3.05, 3.63) is 106 Å². The van der Waals surface area contributed by atoms with Crippen molar-refractivity contribution in [3.8, 4) is 17.1 Å². The number of benzene rings is 3. The third kappa shape index (κ3) is 6.61. The molecule has 4 aromatic rings. The summed E-state index contributed by atoms with van der Waals surface area (Å²) in [4.78, 5) is 29.1. The largest absolute Gasteiger partial charge is 0.478 e. The maximum atomic E-state index is 15.3. The van der Waals surface area contributed by atoms with E-state index in [0.717, 1.165) is 5.56 Å². The van der Waals surface area contributed by atoms with Crippen molar-refractivity contribution in [2.24, 2.45) is 0 Å². The second-order valence-corrected chi connectivity index (χ2v) is 9.52. The number of ether oxygens (including phenoxy) is 1. The number of thiol groups is 1. The summed E-state index contributed by atoms with van der Waals surface area (Å²) in [5.74, 6) is -1.69. The van der Waals surface area contributed by atoms with Crippen LogP contribution in [0.25, 0.3) is 11.1 Å². The Balaban J connectivity index is 1.59. The lowest BCUT2D eigenvalue weighted by Gasteiger charge is -2.18. The fourth-order valence-corrected chi connectivity index (χ4v) is 4.66. The summed E-state index contributed by atoms with van der Waals surface area (Å²) >= 11 is 10.7. The van der Waals surface area contributed by atoms with E-state index in [9.17, 15) is 14.7 Å². The smallest absolute Gasteiger partial charge is 0.336 e. The predicted molar refractivity (Wildman–Crippen MR) is 152 cm³/mol. The maximum absolute atomic E-state index is 15.3. The van der Waals surface area contributed by atoms with Gasteiger partial charge in [-0.05, 0) is 48.2 Å². The van der Waals surface area contributed by atoms with E-state index < -0.39 is 17.7 Å². The summed E-state index contributed by atoms with van der Waals surface area (Å²) in [6.07, 6.45) is 1.87. The highest BCUT2D eigenvalue weighted by molar-refractivity contribution is 7.80. The molecule has 1 atom stereocenters. The molecule has 1 amide bonds. The van der Waals surface area contributed by atoms with Gasteiger partial charge in [-0.25, -0.2) is 14.2 Å². The Morgan fingerprint density at radius 2 is 1.87 bits per heavy atom. The number of imidazole rings is 1. The fourth-order valence-electron chi connectivity index (χ4n) is 4.22. The van der Waals surface area contributed by atoms with Gasteiger partial charge in [-0.15, -0.1) is 0 Å². The summed E-state index contributed by atoms with van der Waals surface area (Å²) in [6.45, 7) is 2.06. The molecule has 7 nitrogen and oxygen atoms in total. The van der Waals surface area contributed by atoms with Crippen LogP contribution in [0.2, 0.25) is 5.02 Å². The van der Waals surface area contributed by atoms with Crippen molar-refractivity contribution in [1.82, 2.24) is 14.9 Å². The second-order valence-electron chi connectivity index (χ2n) is 8.75. The van der Waals surface area contributed by atoms with Crippen LogP contribution in [0.5, 0.6) is 6.01 Å². The number of nitrogens with one attached hydrogen (secondary N) is 1. The third-order valence-electron chi connectivity index (χ3n) is 6.15. The average molecular weight is 568 g/mol. The first-order valence-electron chi connectivity index (χ1n) is 12.3. The molecule has 2 N–H and O–H groups in total. The second kappa shape index (κ2) is 12.8. The first-order valence-corrected chi connectivity index (χ1v) is 13.3. The van der Waals surface area contributed by atoms with Crippen LogP contribution in [0.4, 0.5) is 4.39 Å². The number of nitrogens with zero attached hydrogens (tertiary/aromatic N) is 2. The number of carbonyl (C=O) groups excluding carboxylic acids is 1. The Bertz CT molecular complexity index is 1490. The van der Waals surface area contributed by atoms with Crippen LogP contribution in [-0.4, -0.2) is 44.9 Å². The quantitative estimate of drug-likeness (QED) is 0.200. The van der Waals surface area contributed by atoms with Gasteiger partial charge < -0.3 is 15.2 Å². The van der Waals surface area contributed by atoms with Gasteiger partial charge in [0.05, 0.1) is 24.9 Å². The van der Waals surface area contributed by atoms with Crippen LogP contribution in [-0.2, 0) is 13.0 Å². The molecule has 0 aliphatic heterocycles. The molecule has 3 aromatic carbocycles. The van der Waals surface area contributed by atoms with Crippen molar-refractivity contribution in [1.29, 1.82) is 0 Å². The van der Waals surface area contributed by atoms with Crippen molar-refractivity contribution in [2.45, 2.75) is 25.9 Å². The molecule has 202 valence electrons. The van der Waals surface area contributed by atoms with E-state index in [2.05, 4.69) is 22.9 Å². The number of carboxylic acids is 1. The standard InChI is InChI=1S/C29H27ClFN3O4S/c1-2-38-29-32-15-26(27(35)33-21(17-39)13-19-7-3-6-10-24(19)30)34(29)16-20-12-11-18(14-25(20)31)22-8-4-5-9-23(22)28(36)37/h3-12,14-15,21,39H,2,13,16-17H2,1H3,(H,33,35)(H,36,37)/t21-/m1/s1. The van der Waals surface area contributed by atoms with Gasteiger partial charge in [0, 0.05) is 22.4 Å². The van der Waals surface area contributed by atoms with E-state index in [1.165, 1.54) is 22.9 Å². The number of rotatable bonds is 11. The Morgan fingerprint density at radius 3 is 2.56 bits per heavy atom. The van der Waals surface area contributed by atoms with Crippen LogP contribution < -0.4 is 10.1 Å². The molecule has 4 rings (SSSR count). The number of aromatic nitrogens is 2. The lowest BCUT2D eigenvalue weighted by atomic mass is 9.98. The first kappa shape index (κ1) is 28.2. The van der Waals surface area contributed by atoms with Gasteiger partial charge >= 0.3 is 5.97 Å². The van der Waals surface area contributed by atoms with Gasteiger partial charge in [0.15, 0.2) is 0 Å². The SMILES string of the molecule is CCOc1ncc(C(=O)N[C@@H](CS)Cc2ccccc2Cl)n1Cc1ccc(-c2ccccc2C(=O)O)cc1F. The number of hydrogen-bond acceptors (Lipinski definition) is 5. The summed E-state index contributed by atoms with van der Waals surface area (Å²) < 4.78 is 22.4. The van der Waals surface area contributed by atoms with Gasteiger partial charge in [0.1, 0.15) is 11.5 Å². The number of carboxylic acid groups (broad SMARTS) is 1. The molecule has 0 saturated heterocycles. The summed E-state index contributed by atoms with van der Waals surface area (Å²) in [7, 11) is 0. The molecular formula is C29H27ClFN3O4S. The first-order chi connectivity index (χ1) is 18.8. The van der Waals surface area contributed by atoms with Crippen molar-refractivity contribution < 1.29 is 23.8 Å². The maximum Gasteiger partial charge on any atom is 0.336 e. The summed E-state index contributed by atoms with van der Waals surface area (Å²) in [5, 5.41) is 13.1. The van der Waals surface area contributed by atoms with E-state index in [-0.39, 0.29) is 35.4 Å². The number of hydrogen-bond donors (Lipinski definition) is 3. The highest BCUT2D eigenvalue weighted by Crippen LogP contribution is 2.27. The van der Waals surface area contributed by atoms with Gasteiger partial charge in [-0.2, -0.15) is 12.6 Å². The Hall–Kier alpha value is -3.82. The lowest BCUT2D eigenvalue weighted by molar-refractivity contribution is 0.0697. The molecule has 0 unspecified atom stereocenters. The molecule has 0 saturated carbocycles. The number of carbonyl (C=O) groups is 2. The molecule has 0 radical (unpaired) electrons. The Morgan fingerprint density at radius 1 is 1.13 bits per heavy atom. The summed E-state index contributed by atoms with van der Waals surface area (Å²) in [5.41, 5.74) is 2.27. The van der Waals surface area contributed by atoms with Crippen LogP contribution in [0, 0.1) is 5.82 Å². The zero-order valence-corrected chi connectivity index (χ0v) is 22.8. The lowest BCUT2D eigenvalue weighted by Crippen LogP contribution is -2.39. The topological polar surface area (TPSA) is 93.5 Å². The van der Waals surface area contributed by atoms with Gasteiger partial charge in [-0.1, -0.05) is 60.1 Å². The molecular weight excluding hydrogens is 541 g/mol. The number of aromatic carboxylic acids is 1. The molecule has 1 aromatic heterocycles. The molecule has 0 fully saturated rings. The molecule has 0 aliphatic carbocycles. The summed E-state index contributed by atoms with van der Waals surface area (Å²) in [6, 6.07) is 18.2. The minimum absolute atomic E-state index is 0.0270. The van der Waals surface area contributed by atoms with Gasteiger partial charge in [0.2, 0.25) is 0 Å². The predicted octanol–water partition coefficient (Wildman–Crippen LogP) is 5.76. The van der Waals surface area contributed by atoms with E-state index in [1.807, 2.05) is 18.2 Å². The Labute approximate surface area is 236 Å². The average Bonchev–Trinajstić information content (AvgIpc) is 3.32. The minimum atomic E-state index is -1.10. The van der Waals surface area contributed by atoms with Gasteiger partial charge in [0.25, 0.3) is 11.9 Å². The minimum Gasteiger partial charge on any atom is -0.478 e. The van der Waals surface area contributed by atoms with Crippen LogP contribution >= 0.6 is 24.2 Å². The highest BCUT2D eigenvalue weighted by atomic mass is 35.5. The Kier molecular flexibility index (Phi) is 9.27. The normalized spacial score (nSPS) is 11.7. The number of amides is 1. The molecule has 10 heteroatoms. The van der Waals surface area contributed by atoms with Crippen molar-refractivity contribution in [3.63, 3.8) is 0 Å². The molecule has 0 bridgehead atoms. The van der Waals surface area contributed by atoms with Crippen molar-refractivity contribution in [2.75, 3.05) is 12.4 Å². The third-order valence-corrected chi connectivity index (χ3v) is 6.96. The van der Waals surface area contributed by atoms with Crippen LogP contribution in [0.15, 0.2) is 72.9 Å². The van der Waals surface area contributed by atoms with Crippen LogP contribution in [0.1, 0.15) is 38.9 Å². The molecule has 1 heterocycles.